The molecule has 3 atom stereocenters. The van der Waals surface area contributed by atoms with E-state index in [1.807, 2.05) is 61.1 Å². The first-order valence-electron chi connectivity index (χ1n) is 9.89. The average molecular weight is 383 g/mol. The highest BCUT2D eigenvalue weighted by molar-refractivity contribution is 5.92. The van der Waals surface area contributed by atoms with Gasteiger partial charge in [-0.3, -0.25) is 9.69 Å². The van der Waals surface area contributed by atoms with E-state index in [1.165, 1.54) is 0 Å². The number of hydrogen-bond acceptors (Lipinski definition) is 5. The first-order chi connectivity index (χ1) is 13.4. The molecule has 0 spiro atoms. The molecule has 0 radical (unpaired) electrons. The van der Waals surface area contributed by atoms with Crippen molar-refractivity contribution >= 4 is 17.3 Å². The highest BCUT2D eigenvalue weighted by Gasteiger charge is 2.50. The van der Waals surface area contributed by atoms with Crippen molar-refractivity contribution in [1.29, 1.82) is 0 Å². The molecule has 1 unspecified atom stereocenters. The molecule has 0 aliphatic carbocycles. The Balaban J connectivity index is 1.40. The molecule has 28 heavy (non-hydrogen) atoms. The number of fused-ring (bicyclic) bond motifs is 2. The summed E-state index contributed by atoms with van der Waals surface area (Å²) in [6, 6.07) is 8.26. The van der Waals surface area contributed by atoms with Crippen molar-refractivity contribution in [3.05, 3.63) is 42.5 Å². The zero-order valence-electron chi connectivity index (χ0n) is 16.8. The van der Waals surface area contributed by atoms with Gasteiger partial charge in [-0.15, -0.1) is 0 Å². The molecule has 2 saturated heterocycles. The lowest BCUT2D eigenvalue weighted by Crippen LogP contribution is -2.52. The molecule has 2 aromatic rings. The fourth-order valence-corrected chi connectivity index (χ4v) is 4.78. The van der Waals surface area contributed by atoms with Gasteiger partial charge in [-0.25, -0.2) is 4.98 Å². The zero-order valence-corrected chi connectivity index (χ0v) is 16.8. The number of nitrogens with one attached hydrogen (secondary N) is 1. The molecule has 1 amide bonds. The molecule has 0 saturated carbocycles. The van der Waals surface area contributed by atoms with E-state index in [2.05, 4.69) is 15.2 Å². The van der Waals surface area contributed by atoms with Crippen LogP contribution in [0.5, 0.6) is 0 Å². The zero-order chi connectivity index (χ0) is 19.9. The van der Waals surface area contributed by atoms with Crippen LogP contribution in [0.3, 0.4) is 0 Å². The summed E-state index contributed by atoms with van der Waals surface area (Å²) in [5.74, 6) is 0.728. The lowest BCUT2D eigenvalue weighted by Gasteiger charge is -2.43. The number of piperidine rings is 1. The number of nitrogens with zero attached hydrogens (tertiary/aromatic N) is 4. The van der Waals surface area contributed by atoms with Gasteiger partial charge in [-0.1, -0.05) is 0 Å². The summed E-state index contributed by atoms with van der Waals surface area (Å²) in [6.45, 7) is 0.363. The second-order valence-corrected chi connectivity index (χ2v) is 8.35. The van der Waals surface area contributed by atoms with Gasteiger partial charge in [-0.2, -0.15) is 0 Å². The number of carbonyl (C=O) groups excluding carboxylic acids is 1. The summed E-state index contributed by atoms with van der Waals surface area (Å²) < 4.78 is 1.90. The van der Waals surface area contributed by atoms with Gasteiger partial charge in [0.15, 0.2) is 0 Å². The van der Waals surface area contributed by atoms with Crippen molar-refractivity contribution in [2.45, 2.75) is 43.4 Å². The highest BCUT2D eigenvalue weighted by Crippen LogP contribution is 2.44. The molecule has 3 heterocycles. The summed E-state index contributed by atoms with van der Waals surface area (Å²) in [5, 5.41) is 14.2. The minimum Gasteiger partial charge on any atom is -0.382 e. The SMILES string of the molecule is CN(C)c1ccc(NC(=O)CN2[C@@H]3CC[C@H]2CC(O)(c2nccn2C)C3)cc1. The van der Waals surface area contributed by atoms with Gasteiger partial charge in [0, 0.05) is 57.0 Å². The molecular weight excluding hydrogens is 354 g/mol. The number of amides is 1. The van der Waals surface area contributed by atoms with Crippen LogP contribution in [-0.4, -0.2) is 58.2 Å². The van der Waals surface area contributed by atoms with Gasteiger partial charge in [0.25, 0.3) is 0 Å². The Labute approximate surface area is 166 Å². The predicted molar refractivity (Wildman–Crippen MR) is 109 cm³/mol. The Kier molecular flexibility index (Phi) is 4.89. The van der Waals surface area contributed by atoms with Crippen LogP contribution in [-0.2, 0) is 17.4 Å². The smallest absolute Gasteiger partial charge is 0.238 e. The fourth-order valence-electron chi connectivity index (χ4n) is 4.78. The molecule has 2 fully saturated rings. The maximum Gasteiger partial charge on any atom is 0.238 e. The van der Waals surface area contributed by atoms with E-state index in [4.69, 9.17) is 0 Å². The molecule has 2 N–H and O–H groups in total. The minimum absolute atomic E-state index is 0.00284. The standard InChI is InChI=1S/C21H29N5O2/c1-24(2)16-6-4-15(5-7-16)23-19(27)14-26-17-8-9-18(26)13-21(28,12-17)20-22-10-11-25(20)3/h4-7,10-11,17-18,28H,8-9,12-14H2,1-3H3,(H,23,27)/t17-,18+,21?. The maximum atomic E-state index is 12.6. The molecule has 7 heteroatoms. The van der Waals surface area contributed by atoms with Crippen LogP contribution in [0.25, 0.3) is 0 Å². The van der Waals surface area contributed by atoms with E-state index in [-0.39, 0.29) is 18.0 Å². The topological polar surface area (TPSA) is 73.6 Å². The van der Waals surface area contributed by atoms with Crippen LogP contribution in [0.2, 0.25) is 0 Å². The Morgan fingerprint density at radius 1 is 1.25 bits per heavy atom. The van der Waals surface area contributed by atoms with Gasteiger partial charge in [-0.05, 0) is 49.9 Å². The molecule has 2 aliphatic rings. The normalized spacial score (nSPS) is 27.0. The Morgan fingerprint density at radius 3 is 2.43 bits per heavy atom. The molecule has 1 aromatic carbocycles. The molecule has 4 rings (SSSR count). The second-order valence-electron chi connectivity index (χ2n) is 8.35. The summed E-state index contributed by atoms with van der Waals surface area (Å²) in [5.41, 5.74) is 1.00. The third kappa shape index (κ3) is 3.52. The molecular formula is C21H29N5O2. The number of benzene rings is 1. The number of aromatic nitrogens is 2. The van der Waals surface area contributed by atoms with Crippen molar-refractivity contribution in [3.63, 3.8) is 0 Å². The number of rotatable bonds is 5. The number of imidazole rings is 1. The van der Waals surface area contributed by atoms with E-state index >= 15 is 0 Å². The predicted octanol–water partition coefficient (Wildman–Crippen LogP) is 1.94. The quantitative estimate of drug-likeness (QED) is 0.826. The minimum atomic E-state index is -0.904. The summed E-state index contributed by atoms with van der Waals surface area (Å²) >= 11 is 0. The summed E-state index contributed by atoms with van der Waals surface area (Å²) in [7, 11) is 5.90. The van der Waals surface area contributed by atoms with E-state index < -0.39 is 5.60 Å². The van der Waals surface area contributed by atoms with Crippen LogP contribution in [0.15, 0.2) is 36.7 Å². The van der Waals surface area contributed by atoms with Crippen molar-refractivity contribution in [2.24, 2.45) is 7.05 Å². The van der Waals surface area contributed by atoms with Gasteiger partial charge in [0.1, 0.15) is 11.4 Å². The lowest BCUT2D eigenvalue weighted by atomic mass is 9.85. The van der Waals surface area contributed by atoms with Crippen LogP contribution in [0, 0.1) is 0 Å². The molecule has 150 valence electrons. The fraction of sp³-hybridized carbons (Fsp3) is 0.524. The Bertz CT molecular complexity index is 831. The molecule has 1 aromatic heterocycles. The first kappa shape index (κ1) is 19.0. The average Bonchev–Trinajstić information content (AvgIpc) is 3.18. The molecule has 2 bridgehead atoms. The van der Waals surface area contributed by atoms with Gasteiger partial charge >= 0.3 is 0 Å². The number of carbonyl (C=O) groups is 1. The number of aryl methyl sites for hydroxylation is 1. The number of hydrogen-bond donors (Lipinski definition) is 2. The van der Waals surface area contributed by atoms with Crippen molar-refractivity contribution in [1.82, 2.24) is 14.5 Å². The van der Waals surface area contributed by atoms with Crippen LogP contribution in [0.1, 0.15) is 31.5 Å². The monoisotopic (exact) mass is 383 g/mol. The third-order valence-corrected chi connectivity index (χ3v) is 6.15. The Hall–Kier alpha value is -2.38. The second kappa shape index (κ2) is 7.22. The Morgan fingerprint density at radius 2 is 1.89 bits per heavy atom. The molecule has 2 aliphatic heterocycles. The lowest BCUT2D eigenvalue weighted by molar-refractivity contribution is -0.121. The van der Waals surface area contributed by atoms with Gasteiger partial charge in [0.2, 0.25) is 5.91 Å². The van der Waals surface area contributed by atoms with E-state index in [0.29, 0.717) is 19.4 Å². The van der Waals surface area contributed by atoms with Gasteiger partial charge < -0.3 is 19.9 Å². The van der Waals surface area contributed by atoms with Gasteiger partial charge in [0.05, 0.1) is 6.54 Å². The summed E-state index contributed by atoms with van der Waals surface area (Å²) in [6.07, 6.45) is 6.88. The van der Waals surface area contributed by atoms with Crippen LogP contribution >= 0.6 is 0 Å². The van der Waals surface area contributed by atoms with Crippen LogP contribution < -0.4 is 10.2 Å². The third-order valence-electron chi connectivity index (χ3n) is 6.15. The van der Waals surface area contributed by atoms with E-state index in [0.717, 1.165) is 30.0 Å². The number of aliphatic hydroxyl groups is 1. The highest BCUT2D eigenvalue weighted by atomic mass is 16.3. The first-order valence-corrected chi connectivity index (χ1v) is 9.89. The summed E-state index contributed by atoms with van der Waals surface area (Å²) in [4.78, 5) is 21.3. The number of anilines is 2. The maximum absolute atomic E-state index is 12.6. The van der Waals surface area contributed by atoms with Crippen molar-refractivity contribution in [3.8, 4) is 0 Å². The van der Waals surface area contributed by atoms with E-state index in [1.54, 1.807) is 6.20 Å². The largest absolute Gasteiger partial charge is 0.382 e. The van der Waals surface area contributed by atoms with Crippen molar-refractivity contribution in [2.75, 3.05) is 30.9 Å². The van der Waals surface area contributed by atoms with E-state index in [9.17, 15) is 9.90 Å². The molecule has 7 nitrogen and oxygen atoms in total. The van der Waals surface area contributed by atoms with Crippen LogP contribution in [0.4, 0.5) is 11.4 Å². The van der Waals surface area contributed by atoms with Crippen molar-refractivity contribution < 1.29 is 9.90 Å².